The predicted molar refractivity (Wildman–Crippen MR) is 123 cm³/mol. The van der Waals surface area contributed by atoms with Crippen LogP contribution in [0.25, 0.3) is 10.8 Å². The largest absolute Gasteiger partial charge is 0.437 e. The Hall–Kier alpha value is -3.62. The number of ether oxygens (including phenoxy) is 1. The summed E-state index contributed by atoms with van der Waals surface area (Å²) in [5.41, 5.74) is 2.60. The van der Waals surface area contributed by atoms with Crippen LogP contribution in [0.2, 0.25) is 0 Å². The van der Waals surface area contributed by atoms with Crippen LogP contribution in [0, 0.1) is 11.3 Å². The summed E-state index contributed by atoms with van der Waals surface area (Å²) >= 11 is 0. The van der Waals surface area contributed by atoms with Crippen molar-refractivity contribution in [3.05, 3.63) is 89.3 Å². The van der Waals surface area contributed by atoms with Gasteiger partial charge in [-0.1, -0.05) is 66.7 Å². The quantitative estimate of drug-likeness (QED) is 0.477. The molecule has 0 radical (unpaired) electrons. The van der Waals surface area contributed by atoms with E-state index in [2.05, 4.69) is 64.3 Å². The average Bonchev–Trinajstić information content (AvgIpc) is 2.83. The third kappa shape index (κ3) is 3.67. The van der Waals surface area contributed by atoms with Gasteiger partial charge in [0, 0.05) is 37.1 Å². The second-order valence-electron chi connectivity index (χ2n) is 8.07. The van der Waals surface area contributed by atoms with Crippen LogP contribution in [0.3, 0.4) is 0 Å². The lowest BCUT2D eigenvalue weighted by atomic mass is 9.82. The molecular formula is C26H24N4O. The van der Waals surface area contributed by atoms with Crippen molar-refractivity contribution in [2.45, 2.75) is 5.92 Å². The summed E-state index contributed by atoms with van der Waals surface area (Å²) < 4.78 is 6.33. The second kappa shape index (κ2) is 8.25. The van der Waals surface area contributed by atoms with E-state index in [1.165, 1.54) is 0 Å². The fourth-order valence-electron chi connectivity index (χ4n) is 4.30. The van der Waals surface area contributed by atoms with Crippen LogP contribution in [0.4, 0.5) is 0 Å². The second-order valence-corrected chi connectivity index (χ2v) is 8.07. The smallest absolute Gasteiger partial charge is 0.235 e. The number of allylic oxidation sites excluding steroid dienone is 1. The van der Waals surface area contributed by atoms with Gasteiger partial charge >= 0.3 is 0 Å². The molecule has 0 aromatic heterocycles. The number of hydrogen-bond acceptors (Lipinski definition) is 4. The highest BCUT2D eigenvalue weighted by atomic mass is 16.5. The molecule has 5 rings (SSSR count). The molecule has 31 heavy (non-hydrogen) atoms. The van der Waals surface area contributed by atoms with Crippen molar-refractivity contribution in [3.63, 3.8) is 0 Å². The highest BCUT2D eigenvalue weighted by Gasteiger charge is 2.32. The zero-order chi connectivity index (χ0) is 21.2. The van der Waals surface area contributed by atoms with Gasteiger partial charge in [0.1, 0.15) is 17.4 Å². The predicted octanol–water partition coefficient (Wildman–Crippen LogP) is 4.37. The summed E-state index contributed by atoms with van der Waals surface area (Å²) in [7, 11) is 2.13. The SMILES string of the molecule is CN1CCN(C=NC2=C(C#N)C(c3ccccc3)c3ccc4ccccc4c3O2)CC1. The molecule has 0 bridgehead atoms. The molecule has 2 aliphatic heterocycles. The third-order valence-corrected chi connectivity index (χ3v) is 6.07. The zero-order valence-corrected chi connectivity index (χ0v) is 17.5. The minimum atomic E-state index is -0.209. The Kier molecular flexibility index (Phi) is 5.15. The van der Waals surface area contributed by atoms with E-state index in [0.717, 1.165) is 53.8 Å². The Morgan fingerprint density at radius 1 is 0.968 bits per heavy atom. The molecular weight excluding hydrogens is 384 g/mol. The van der Waals surface area contributed by atoms with Gasteiger partial charge in [-0.2, -0.15) is 5.26 Å². The maximum atomic E-state index is 10.1. The van der Waals surface area contributed by atoms with Crippen molar-refractivity contribution >= 4 is 17.1 Å². The van der Waals surface area contributed by atoms with Gasteiger partial charge in [-0.05, 0) is 18.0 Å². The number of likely N-dealkylation sites (N-methyl/N-ethyl adjacent to an activating group) is 1. The first-order valence-electron chi connectivity index (χ1n) is 10.6. The van der Waals surface area contributed by atoms with Crippen LogP contribution in [-0.4, -0.2) is 49.4 Å². The zero-order valence-electron chi connectivity index (χ0n) is 17.5. The van der Waals surface area contributed by atoms with Gasteiger partial charge in [0.15, 0.2) is 0 Å². The monoisotopic (exact) mass is 408 g/mol. The van der Waals surface area contributed by atoms with Gasteiger partial charge in [-0.3, -0.25) is 0 Å². The number of fused-ring (bicyclic) bond motifs is 3. The molecule has 1 fully saturated rings. The third-order valence-electron chi connectivity index (χ3n) is 6.07. The summed E-state index contributed by atoms with van der Waals surface area (Å²) in [4.78, 5) is 9.17. The lowest BCUT2D eigenvalue weighted by molar-refractivity contribution is 0.219. The Morgan fingerprint density at radius 3 is 2.48 bits per heavy atom. The minimum Gasteiger partial charge on any atom is -0.437 e. The minimum absolute atomic E-state index is 0.209. The number of nitrogens with zero attached hydrogens (tertiary/aromatic N) is 4. The molecule has 0 N–H and O–H groups in total. The molecule has 0 saturated carbocycles. The van der Waals surface area contributed by atoms with Gasteiger partial charge in [0.2, 0.25) is 5.88 Å². The van der Waals surface area contributed by atoms with Crippen molar-refractivity contribution in [1.82, 2.24) is 9.80 Å². The first-order valence-corrected chi connectivity index (χ1v) is 10.6. The van der Waals surface area contributed by atoms with E-state index >= 15 is 0 Å². The van der Waals surface area contributed by atoms with Gasteiger partial charge in [0.25, 0.3) is 0 Å². The van der Waals surface area contributed by atoms with Crippen LogP contribution in [0.15, 0.2) is 83.2 Å². The van der Waals surface area contributed by atoms with E-state index in [0.29, 0.717) is 11.5 Å². The molecule has 0 aliphatic carbocycles. The van der Waals surface area contributed by atoms with Gasteiger partial charge < -0.3 is 14.5 Å². The molecule has 3 aromatic rings. The van der Waals surface area contributed by atoms with Gasteiger partial charge in [-0.25, -0.2) is 4.99 Å². The maximum Gasteiger partial charge on any atom is 0.235 e. The molecule has 3 aromatic carbocycles. The molecule has 1 saturated heterocycles. The number of aliphatic imine (C=N–C) groups is 1. The summed E-state index contributed by atoms with van der Waals surface area (Å²) in [5, 5.41) is 12.3. The fraction of sp³-hybridized carbons (Fsp3) is 0.231. The van der Waals surface area contributed by atoms with Crippen molar-refractivity contribution in [2.24, 2.45) is 4.99 Å². The molecule has 1 unspecified atom stereocenters. The van der Waals surface area contributed by atoms with Crippen LogP contribution in [0.5, 0.6) is 5.75 Å². The van der Waals surface area contributed by atoms with Crippen molar-refractivity contribution in [3.8, 4) is 11.8 Å². The fourth-order valence-corrected chi connectivity index (χ4v) is 4.30. The van der Waals surface area contributed by atoms with E-state index in [4.69, 9.17) is 4.74 Å². The molecule has 154 valence electrons. The number of benzene rings is 3. The van der Waals surface area contributed by atoms with Crippen molar-refractivity contribution < 1.29 is 4.74 Å². The van der Waals surface area contributed by atoms with Crippen molar-refractivity contribution in [1.29, 1.82) is 5.26 Å². The standard InChI is InChI=1S/C26H24N4O/c1-29-13-15-30(16-14-29)18-28-26-23(17-27)24(20-8-3-2-4-9-20)22-12-11-19-7-5-6-10-21(19)25(22)31-26/h2-12,18,24H,13-16H2,1H3. The van der Waals surface area contributed by atoms with E-state index in [1.54, 1.807) is 0 Å². The Bertz CT molecular complexity index is 1200. The maximum absolute atomic E-state index is 10.1. The Balaban J connectivity index is 1.63. The Morgan fingerprint density at radius 2 is 1.71 bits per heavy atom. The molecule has 0 spiro atoms. The lowest BCUT2D eigenvalue weighted by Crippen LogP contribution is -2.43. The van der Waals surface area contributed by atoms with Crippen LogP contribution in [-0.2, 0) is 0 Å². The van der Waals surface area contributed by atoms with Crippen LogP contribution < -0.4 is 4.74 Å². The normalized spacial score (nSPS) is 19.4. The molecule has 2 aliphatic rings. The molecule has 2 heterocycles. The average molecular weight is 409 g/mol. The van der Waals surface area contributed by atoms with E-state index in [-0.39, 0.29) is 5.92 Å². The summed E-state index contributed by atoms with van der Waals surface area (Å²) in [6.07, 6.45) is 1.83. The van der Waals surface area contributed by atoms with E-state index in [1.807, 2.05) is 36.7 Å². The van der Waals surface area contributed by atoms with E-state index in [9.17, 15) is 5.26 Å². The van der Waals surface area contributed by atoms with Crippen LogP contribution >= 0.6 is 0 Å². The van der Waals surface area contributed by atoms with Gasteiger partial charge in [-0.15, -0.1) is 0 Å². The molecule has 0 amide bonds. The van der Waals surface area contributed by atoms with Gasteiger partial charge in [0.05, 0.1) is 12.3 Å². The number of piperazine rings is 1. The molecule has 5 nitrogen and oxygen atoms in total. The lowest BCUT2D eigenvalue weighted by Gasteiger charge is -2.31. The summed E-state index contributed by atoms with van der Waals surface area (Å²) in [6.45, 7) is 3.82. The first kappa shape index (κ1) is 19.3. The van der Waals surface area contributed by atoms with Crippen molar-refractivity contribution in [2.75, 3.05) is 33.2 Å². The highest BCUT2D eigenvalue weighted by Crippen LogP contribution is 2.46. The highest BCUT2D eigenvalue weighted by molar-refractivity contribution is 5.91. The van der Waals surface area contributed by atoms with Crippen LogP contribution in [0.1, 0.15) is 17.0 Å². The first-order chi connectivity index (χ1) is 15.2. The number of rotatable bonds is 3. The summed E-state index contributed by atoms with van der Waals surface area (Å²) in [5.74, 6) is 0.967. The van der Waals surface area contributed by atoms with E-state index < -0.39 is 0 Å². The number of nitriles is 1. The molecule has 5 heteroatoms. The number of hydrogen-bond donors (Lipinski definition) is 0. The Labute approximate surface area is 182 Å². The molecule has 1 atom stereocenters. The topological polar surface area (TPSA) is 51.9 Å². The summed E-state index contributed by atoms with van der Waals surface area (Å²) in [6, 6.07) is 24.9.